The highest BCUT2D eigenvalue weighted by Crippen LogP contribution is 2.37. The second kappa shape index (κ2) is 4.52. The molecule has 0 N–H and O–H groups in total. The molecule has 1 aliphatic heterocycles. The molecule has 0 aliphatic carbocycles. The van der Waals surface area contributed by atoms with E-state index in [0.717, 1.165) is 5.56 Å². The van der Waals surface area contributed by atoms with Gasteiger partial charge in [-0.3, -0.25) is 4.79 Å². The molecule has 0 radical (unpaired) electrons. The first-order chi connectivity index (χ1) is 9.28. The largest absolute Gasteiger partial charge is 0.489 e. The maximum absolute atomic E-state index is 12.8. The minimum Gasteiger partial charge on any atom is -0.489 e. The molecule has 2 aromatic rings. The Bertz CT molecular complexity index is 606. The van der Waals surface area contributed by atoms with Crippen molar-refractivity contribution in [1.29, 1.82) is 0 Å². The van der Waals surface area contributed by atoms with Gasteiger partial charge in [-0.25, -0.2) is 0 Å². The molecule has 0 aromatic heterocycles. The molecule has 1 aliphatic rings. The van der Waals surface area contributed by atoms with Crippen LogP contribution in [0.1, 0.15) is 15.9 Å². The monoisotopic (exact) mass is 254 g/mol. The first-order valence-corrected chi connectivity index (χ1v) is 6.15. The predicted octanol–water partition coefficient (Wildman–Crippen LogP) is 2.80. The van der Waals surface area contributed by atoms with E-state index in [9.17, 15) is 4.79 Å². The molecule has 0 amide bonds. The zero-order valence-corrected chi connectivity index (χ0v) is 10.6. The molecule has 0 saturated heterocycles. The lowest BCUT2D eigenvalue weighted by Crippen LogP contribution is -2.46. The number of ether oxygens (including phenoxy) is 2. The molecule has 0 spiro atoms. The summed E-state index contributed by atoms with van der Waals surface area (Å²) in [5.41, 5.74) is 0.340. The topological polar surface area (TPSA) is 35.5 Å². The van der Waals surface area contributed by atoms with Crippen LogP contribution in [0, 0.1) is 0 Å². The molecule has 3 nitrogen and oxygen atoms in total. The van der Waals surface area contributed by atoms with E-state index in [2.05, 4.69) is 0 Å². The summed E-state index contributed by atoms with van der Waals surface area (Å²) >= 11 is 0. The summed E-state index contributed by atoms with van der Waals surface area (Å²) in [4.78, 5) is 12.8. The van der Waals surface area contributed by atoms with Crippen molar-refractivity contribution in [2.75, 3.05) is 13.7 Å². The van der Waals surface area contributed by atoms with E-state index in [-0.39, 0.29) is 12.4 Å². The molecular weight excluding hydrogens is 240 g/mol. The molecule has 1 heterocycles. The Morgan fingerprint density at radius 2 is 1.74 bits per heavy atom. The van der Waals surface area contributed by atoms with E-state index in [1.807, 2.05) is 42.5 Å². The third-order valence-electron chi connectivity index (χ3n) is 3.52. The van der Waals surface area contributed by atoms with Crippen LogP contribution in [0.25, 0.3) is 0 Å². The van der Waals surface area contributed by atoms with Gasteiger partial charge in [0.1, 0.15) is 12.4 Å². The number of ketones is 1. The number of hydrogen-bond donors (Lipinski definition) is 0. The summed E-state index contributed by atoms with van der Waals surface area (Å²) in [6, 6.07) is 16.7. The minimum absolute atomic E-state index is 0.0527. The lowest BCUT2D eigenvalue weighted by Gasteiger charge is -2.35. The second-order valence-electron chi connectivity index (χ2n) is 4.51. The van der Waals surface area contributed by atoms with Crippen molar-refractivity contribution in [1.82, 2.24) is 0 Å². The highest BCUT2D eigenvalue weighted by Gasteiger charge is 2.45. The van der Waals surface area contributed by atoms with Crippen LogP contribution in [0.15, 0.2) is 54.6 Å². The molecule has 1 unspecified atom stereocenters. The summed E-state index contributed by atoms with van der Waals surface area (Å²) in [5, 5.41) is 0. The smallest absolute Gasteiger partial charge is 0.206 e. The summed E-state index contributed by atoms with van der Waals surface area (Å²) in [6.45, 7) is 0.198. The number of benzene rings is 2. The molecule has 19 heavy (non-hydrogen) atoms. The number of fused-ring (bicyclic) bond motifs is 1. The van der Waals surface area contributed by atoms with E-state index < -0.39 is 5.60 Å². The fraction of sp³-hybridized carbons (Fsp3) is 0.188. The van der Waals surface area contributed by atoms with Crippen molar-refractivity contribution in [3.63, 3.8) is 0 Å². The van der Waals surface area contributed by atoms with E-state index in [1.54, 1.807) is 19.2 Å². The normalized spacial score (nSPS) is 21.6. The second-order valence-corrected chi connectivity index (χ2v) is 4.51. The summed E-state index contributed by atoms with van der Waals surface area (Å²) in [7, 11) is 1.54. The number of rotatable bonds is 2. The Labute approximate surface area is 111 Å². The predicted molar refractivity (Wildman–Crippen MR) is 71.4 cm³/mol. The third-order valence-corrected chi connectivity index (χ3v) is 3.52. The van der Waals surface area contributed by atoms with Crippen LogP contribution in [0.4, 0.5) is 0 Å². The van der Waals surface area contributed by atoms with Gasteiger partial charge < -0.3 is 9.47 Å². The molecule has 0 saturated carbocycles. The fourth-order valence-corrected chi connectivity index (χ4v) is 2.43. The Balaban J connectivity index is 2.13. The summed E-state index contributed by atoms with van der Waals surface area (Å²) in [5.74, 6) is 0.569. The zero-order chi connectivity index (χ0) is 13.3. The minimum atomic E-state index is -1.05. The molecular formula is C16H14O3. The number of methoxy groups -OCH3 is 1. The van der Waals surface area contributed by atoms with Crippen LogP contribution >= 0.6 is 0 Å². The Kier molecular flexibility index (Phi) is 2.84. The molecule has 3 heteroatoms. The maximum atomic E-state index is 12.8. The lowest BCUT2D eigenvalue weighted by atomic mass is 9.84. The number of hydrogen-bond acceptors (Lipinski definition) is 3. The Morgan fingerprint density at radius 1 is 1.05 bits per heavy atom. The van der Waals surface area contributed by atoms with Crippen molar-refractivity contribution < 1.29 is 14.3 Å². The van der Waals surface area contributed by atoms with Crippen LogP contribution < -0.4 is 4.74 Å². The van der Waals surface area contributed by atoms with Crippen molar-refractivity contribution >= 4 is 5.78 Å². The van der Waals surface area contributed by atoms with Crippen LogP contribution in [0.2, 0.25) is 0 Å². The maximum Gasteiger partial charge on any atom is 0.206 e. The molecule has 2 aromatic carbocycles. The van der Waals surface area contributed by atoms with Crippen molar-refractivity contribution in [2.45, 2.75) is 5.60 Å². The number of para-hydroxylation sites is 1. The molecule has 3 rings (SSSR count). The van der Waals surface area contributed by atoms with Gasteiger partial charge >= 0.3 is 0 Å². The van der Waals surface area contributed by atoms with Gasteiger partial charge in [-0.1, -0.05) is 42.5 Å². The number of Topliss-reactive ketones (excluding diaryl/α,β-unsaturated/α-hetero) is 1. The van der Waals surface area contributed by atoms with Crippen LogP contribution in [-0.2, 0) is 10.3 Å². The van der Waals surface area contributed by atoms with Crippen molar-refractivity contribution in [2.24, 2.45) is 0 Å². The van der Waals surface area contributed by atoms with Gasteiger partial charge in [0.25, 0.3) is 0 Å². The highest BCUT2D eigenvalue weighted by molar-refractivity contribution is 6.06. The molecule has 1 atom stereocenters. The van der Waals surface area contributed by atoms with Crippen LogP contribution in [0.5, 0.6) is 5.75 Å². The van der Waals surface area contributed by atoms with Gasteiger partial charge in [0.15, 0.2) is 5.60 Å². The molecule has 0 bridgehead atoms. The lowest BCUT2D eigenvalue weighted by molar-refractivity contribution is -0.0345. The summed E-state index contributed by atoms with van der Waals surface area (Å²) < 4.78 is 11.3. The average Bonchev–Trinajstić information content (AvgIpc) is 2.49. The number of carbonyl (C=O) groups is 1. The van der Waals surface area contributed by atoms with Crippen LogP contribution in [-0.4, -0.2) is 19.5 Å². The Hall–Kier alpha value is -2.13. The average molecular weight is 254 g/mol. The Morgan fingerprint density at radius 3 is 2.47 bits per heavy atom. The third kappa shape index (κ3) is 1.74. The van der Waals surface area contributed by atoms with E-state index in [1.165, 1.54) is 0 Å². The molecule has 0 fully saturated rings. The first kappa shape index (κ1) is 11.9. The van der Waals surface area contributed by atoms with E-state index >= 15 is 0 Å². The van der Waals surface area contributed by atoms with Gasteiger partial charge in [0.2, 0.25) is 5.78 Å². The van der Waals surface area contributed by atoms with Gasteiger partial charge in [0, 0.05) is 7.11 Å². The van der Waals surface area contributed by atoms with Gasteiger partial charge in [-0.15, -0.1) is 0 Å². The van der Waals surface area contributed by atoms with Crippen LogP contribution in [0.3, 0.4) is 0 Å². The van der Waals surface area contributed by atoms with Gasteiger partial charge in [0.05, 0.1) is 5.56 Å². The number of carbonyl (C=O) groups excluding carboxylic acids is 1. The molecule has 96 valence electrons. The standard InChI is InChI=1S/C16H14O3/c1-18-16(12-7-3-2-4-8-12)11-19-14-10-6-5-9-13(14)15(16)17/h2-10H,11H2,1H3. The van der Waals surface area contributed by atoms with E-state index in [0.29, 0.717) is 11.3 Å². The summed E-state index contributed by atoms with van der Waals surface area (Å²) in [6.07, 6.45) is 0. The first-order valence-electron chi connectivity index (χ1n) is 6.15. The highest BCUT2D eigenvalue weighted by atomic mass is 16.5. The van der Waals surface area contributed by atoms with Gasteiger partial charge in [-0.2, -0.15) is 0 Å². The van der Waals surface area contributed by atoms with Gasteiger partial charge in [-0.05, 0) is 17.7 Å². The fourth-order valence-electron chi connectivity index (χ4n) is 2.43. The quantitative estimate of drug-likeness (QED) is 0.826. The SMILES string of the molecule is COC1(c2ccccc2)COc2ccccc2C1=O. The van der Waals surface area contributed by atoms with E-state index in [4.69, 9.17) is 9.47 Å². The van der Waals surface area contributed by atoms with Crippen molar-refractivity contribution in [3.8, 4) is 5.75 Å². The zero-order valence-electron chi connectivity index (χ0n) is 10.6. The van der Waals surface area contributed by atoms with Crippen molar-refractivity contribution in [3.05, 3.63) is 65.7 Å².